The van der Waals surface area contributed by atoms with Crippen LogP contribution in [0.1, 0.15) is 24.3 Å². The number of hydrogen-bond donors (Lipinski definition) is 2. The zero-order chi connectivity index (χ0) is 18.5. The van der Waals surface area contributed by atoms with Crippen LogP contribution in [0.2, 0.25) is 0 Å². The van der Waals surface area contributed by atoms with E-state index in [0.717, 1.165) is 34.3 Å². The van der Waals surface area contributed by atoms with Gasteiger partial charge in [0.15, 0.2) is 0 Å². The SMILES string of the molecule is CCc1cc(NCC(O)c2cc(OC)cc(OC)c2)c2ccccc2n1. The highest BCUT2D eigenvalue weighted by Crippen LogP contribution is 2.28. The van der Waals surface area contributed by atoms with Crippen LogP contribution in [-0.2, 0) is 6.42 Å². The summed E-state index contributed by atoms with van der Waals surface area (Å²) in [4.78, 5) is 4.65. The fourth-order valence-corrected chi connectivity index (χ4v) is 2.90. The third kappa shape index (κ3) is 3.89. The third-order valence-corrected chi connectivity index (χ3v) is 4.38. The highest BCUT2D eigenvalue weighted by atomic mass is 16.5. The minimum Gasteiger partial charge on any atom is -0.497 e. The molecule has 0 aliphatic heterocycles. The second-order valence-corrected chi connectivity index (χ2v) is 6.07. The molecule has 0 radical (unpaired) electrons. The van der Waals surface area contributed by atoms with E-state index in [1.54, 1.807) is 20.3 Å². The van der Waals surface area contributed by atoms with Crippen molar-refractivity contribution in [1.29, 1.82) is 0 Å². The highest BCUT2D eigenvalue weighted by molar-refractivity contribution is 5.91. The number of aliphatic hydroxyl groups excluding tert-OH is 1. The Kier molecular flexibility index (Phi) is 5.58. The van der Waals surface area contributed by atoms with E-state index in [9.17, 15) is 5.11 Å². The lowest BCUT2D eigenvalue weighted by atomic mass is 10.1. The largest absolute Gasteiger partial charge is 0.497 e. The maximum atomic E-state index is 10.6. The van der Waals surface area contributed by atoms with Crippen molar-refractivity contribution in [2.24, 2.45) is 0 Å². The predicted octanol–water partition coefficient (Wildman–Crippen LogP) is 3.96. The number of hydrogen-bond acceptors (Lipinski definition) is 5. The van der Waals surface area contributed by atoms with Crippen molar-refractivity contribution < 1.29 is 14.6 Å². The summed E-state index contributed by atoms with van der Waals surface area (Å²) >= 11 is 0. The van der Waals surface area contributed by atoms with Crippen molar-refractivity contribution in [2.45, 2.75) is 19.4 Å². The second kappa shape index (κ2) is 8.06. The van der Waals surface area contributed by atoms with E-state index in [1.165, 1.54) is 0 Å². The van der Waals surface area contributed by atoms with Gasteiger partial charge >= 0.3 is 0 Å². The van der Waals surface area contributed by atoms with Crippen molar-refractivity contribution in [3.8, 4) is 11.5 Å². The minimum atomic E-state index is -0.698. The molecule has 136 valence electrons. The molecule has 1 heterocycles. The molecule has 1 aromatic heterocycles. The summed E-state index contributed by atoms with van der Waals surface area (Å²) in [5, 5.41) is 15.0. The van der Waals surface area contributed by atoms with Gasteiger partial charge in [-0.25, -0.2) is 0 Å². The number of aromatic nitrogens is 1. The number of rotatable bonds is 7. The number of aliphatic hydroxyl groups is 1. The summed E-state index contributed by atoms with van der Waals surface area (Å²) in [6, 6.07) is 15.5. The second-order valence-electron chi connectivity index (χ2n) is 6.07. The maximum absolute atomic E-state index is 10.6. The number of para-hydroxylation sites is 1. The molecule has 0 spiro atoms. The molecule has 0 saturated carbocycles. The van der Waals surface area contributed by atoms with Crippen LogP contribution in [-0.4, -0.2) is 30.9 Å². The zero-order valence-electron chi connectivity index (χ0n) is 15.3. The molecule has 0 aliphatic carbocycles. The molecule has 26 heavy (non-hydrogen) atoms. The first kappa shape index (κ1) is 18.0. The number of pyridine rings is 1. The van der Waals surface area contributed by atoms with Gasteiger partial charge in [-0.2, -0.15) is 0 Å². The molecule has 0 aliphatic rings. The number of aryl methyl sites for hydroxylation is 1. The van der Waals surface area contributed by atoms with Crippen LogP contribution < -0.4 is 14.8 Å². The Morgan fingerprint density at radius 1 is 1.04 bits per heavy atom. The van der Waals surface area contributed by atoms with E-state index in [2.05, 4.69) is 17.2 Å². The van der Waals surface area contributed by atoms with E-state index < -0.39 is 6.10 Å². The molecule has 0 bridgehead atoms. The average molecular weight is 352 g/mol. The zero-order valence-corrected chi connectivity index (χ0v) is 15.3. The molecule has 5 nitrogen and oxygen atoms in total. The van der Waals surface area contributed by atoms with Crippen LogP contribution in [0.5, 0.6) is 11.5 Å². The first-order valence-corrected chi connectivity index (χ1v) is 8.68. The topological polar surface area (TPSA) is 63.6 Å². The number of anilines is 1. The van der Waals surface area contributed by atoms with Gasteiger partial charge in [0.2, 0.25) is 0 Å². The van der Waals surface area contributed by atoms with Gasteiger partial charge in [-0.1, -0.05) is 25.1 Å². The minimum absolute atomic E-state index is 0.369. The molecule has 3 aromatic rings. The number of nitrogens with zero attached hydrogens (tertiary/aromatic N) is 1. The summed E-state index contributed by atoms with van der Waals surface area (Å²) in [7, 11) is 3.19. The van der Waals surface area contributed by atoms with Crippen LogP contribution >= 0.6 is 0 Å². The Balaban J connectivity index is 1.84. The smallest absolute Gasteiger partial charge is 0.122 e. The van der Waals surface area contributed by atoms with Gasteiger partial charge in [0.25, 0.3) is 0 Å². The summed E-state index contributed by atoms with van der Waals surface area (Å²) in [6.07, 6.45) is 0.158. The third-order valence-electron chi connectivity index (χ3n) is 4.38. The molecule has 0 amide bonds. The predicted molar refractivity (Wildman–Crippen MR) is 104 cm³/mol. The lowest BCUT2D eigenvalue weighted by molar-refractivity contribution is 0.190. The van der Waals surface area contributed by atoms with E-state index in [1.807, 2.05) is 42.5 Å². The molecule has 2 N–H and O–H groups in total. The fraction of sp³-hybridized carbons (Fsp3) is 0.286. The normalized spacial score (nSPS) is 12.0. The van der Waals surface area contributed by atoms with Gasteiger partial charge in [-0.05, 0) is 36.2 Å². The van der Waals surface area contributed by atoms with Crippen LogP contribution in [0.15, 0.2) is 48.5 Å². The van der Waals surface area contributed by atoms with Gasteiger partial charge in [0.05, 0.1) is 25.8 Å². The Labute approximate surface area is 153 Å². The number of nitrogens with one attached hydrogen (secondary N) is 1. The van der Waals surface area contributed by atoms with Crippen molar-refractivity contribution >= 4 is 16.6 Å². The van der Waals surface area contributed by atoms with E-state index >= 15 is 0 Å². The van der Waals surface area contributed by atoms with Gasteiger partial charge in [-0.15, -0.1) is 0 Å². The molecular weight excluding hydrogens is 328 g/mol. The number of methoxy groups -OCH3 is 2. The Bertz CT molecular complexity index is 873. The summed E-state index contributed by atoms with van der Waals surface area (Å²) in [6.45, 7) is 2.45. The molecule has 1 atom stereocenters. The van der Waals surface area contributed by atoms with Crippen LogP contribution in [0, 0.1) is 0 Å². The molecule has 3 rings (SSSR count). The van der Waals surface area contributed by atoms with Gasteiger partial charge < -0.3 is 19.9 Å². The number of ether oxygens (including phenoxy) is 2. The summed E-state index contributed by atoms with van der Waals surface area (Å²) < 4.78 is 10.6. The van der Waals surface area contributed by atoms with Crippen molar-refractivity contribution in [3.63, 3.8) is 0 Å². The van der Waals surface area contributed by atoms with Crippen LogP contribution in [0.3, 0.4) is 0 Å². The quantitative estimate of drug-likeness (QED) is 0.674. The standard InChI is InChI=1S/C21H24N2O3/c1-4-15-11-20(18-7-5-6-8-19(18)23-15)22-13-21(24)14-9-16(25-2)12-17(10-14)26-3/h5-12,21,24H,4,13H2,1-3H3,(H,22,23). The molecule has 2 aromatic carbocycles. The Morgan fingerprint density at radius 3 is 2.38 bits per heavy atom. The van der Waals surface area contributed by atoms with Crippen molar-refractivity contribution in [1.82, 2.24) is 4.98 Å². The molecule has 0 saturated heterocycles. The first-order chi connectivity index (χ1) is 12.6. The summed E-state index contributed by atoms with van der Waals surface area (Å²) in [5.41, 5.74) is 3.68. The van der Waals surface area contributed by atoms with Gasteiger partial charge in [-0.3, -0.25) is 4.98 Å². The van der Waals surface area contributed by atoms with E-state index in [-0.39, 0.29) is 0 Å². The fourth-order valence-electron chi connectivity index (χ4n) is 2.90. The lowest BCUT2D eigenvalue weighted by Gasteiger charge is -2.17. The first-order valence-electron chi connectivity index (χ1n) is 8.68. The van der Waals surface area contributed by atoms with Gasteiger partial charge in [0.1, 0.15) is 11.5 Å². The number of fused-ring (bicyclic) bond motifs is 1. The maximum Gasteiger partial charge on any atom is 0.122 e. The van der Waals surface area contributed by atoms with Crippen molar-refractivity contribution in [3.05, 3.63) is 59.8 Å². The highest BCUT2D eigenvalue weighted by Gasteiger charge is 2.12. The monoisotopic (exact) mass is 352 g/mol. The molecular formula is C21H24N2O3. The van der Waals surface area contributed by atoms with Crippen LogP contribution in [0.25, 0.3) is 10.9 Å². The summed E-state index contributed by atoms with van der Waals surface area (Å²) in [5.74, 6) is 1.31. The average Bonchev–Trinajstić information content (AvgIpc) is 2.70. The van der Waals surface area contributed by atoms with Crippen LogP contribution in [0.4, 0.5) is 5.69 Å². The van der Waals surface area contributed by atoms with Crippen molar-refractivity contribution in [2.75, 3.05) is 26.1 Å². The molecule has 5 heteroatoms. The molecule has 0 fully saturated rings. The Morgan fingerprint density at radius 2 is 1.73 bits per heavy atom. The Hall–Kier alpha value is -2.79. The van der Waals surface area contributed by atoms with E-state index in [0.29, 0.717) is 18.0 Å². The molecule has 1 unspecified atom stereocenters. The van der Waals surface area contributed by atoms with Gasteiger partial charge in [0, 0.05) is 29.4 Å². The van der Waals surface area contributed by atoms with E-state index in [4.69, 9.17) is 9.47 Å². The lowest BCUT2D eigenvalue weighted by Crippen LogP contribution is -2.13. The number of benzene rings is 2.